The molecule has 108 valence electrons. The molecule has 0 aliphatic rings. The molecule has 2 aromatic rings. The smallest absolute Gasteiger partial charge is 0.165 e. The molecular weight excluding hydrogens is 270 g/mol. The van der Waals surface area contributed by atoms with E-state index in [0.717, 1.165) is 23.6 Å². The van der Waals surface area contributed by atoms with Crippen molar-refractivity contribution in [3.05, 3.63) is 45.6 Å². The van der Waals surface area contributed by atoms with E-state index in [2.05, 4.69) is 36.7 Å². The highest BCUT2D eigenvalue weighted by atomic mass is 32.1. The van der Waals surface area contributed by atoms with Crippen LogP contribution in [0.1, 0.15) is 29.0 Å². The molecule has 0 aliphatic carbocycles. The standard InChI is InChI=1S/C16H21NO2S/c1-5-17-15(12-9-10-20-11(12)2)13-7-6-8-14(18-3)16(13)19-4/h6-10,15,17H,5H2,1-4H3. The second-order valence-corrected chi connectivity index (χ2v) is 5.63. The van der Waals surface area contributed by atoms with Crippen molar-refractivity contribution in [1.82, 2.24) is 5.32 Å². The molecule has 0 amide bonds. The lowest BCUT2D eigenvalue weighted by Gasteiger charge is -2.22. The Morgan fingerprint density at radius 3 is 2.50 bits per heavy atom. The van der Waals surface area contributed by atoms with E-state index in [4.69, 9.17) is 9.47 Å². The number of nitrogens with one attached hydrogen (secondary N) is 1. The first-order valence-electron chi connectivity index (χ1n) is 6.71. The third kappa shape index (κ3) is 2.81. The highest BCUT2D eigenvalue weighted by molar-refractivity contribution is 7.10. The normalized spacial score (nSPS) is 12.2. The van der Waals surface area contributed by atoms with E-state index in [0.29, 0.717) is 0 Å². The van der Waals surface area contributed by atoms with Crippen molar-refractivity contribution in [3.8, 4) is 11.5 Å². The van der Waals surface area contributed by atoms with Gasteiger partial charge in [-0.1, -0.05) is 19.1 Å². The minimum absolute atomic E-state index is 0.122. The summed E-state index contributed by atoms with van der Waals surface area (Å²) in [6, 6.07) is 8.31. The molecule has 0 aliphatic heterocycles. The molecule has 1 atom stereocenters. The summed E-state index contributed by atoms with van der Waals surface area (Å²) in [5, 5.41) is 5.67. The van der Waals surface area contributed by atoms with Crippen molar-refractivity contribution in [2.45, 2.75) is 19.9 Å². The van der Waals surface area contributed by atoms with Crippen molar-refractivity contribution in [1.29, 1.82) is 0 Å². The molecule has 1 unspecified atom stereocenters. The SMILES string of the molecule is CCNC(c1ccsc1C)c1cccc(OC)c1OC. The van der Waals surface area contributed by atoms with Gasteiger partial charge in [0.1, 0.15) is 0 Å². The Balaban J connectivity index is 2.52. The summed E-state index contributed by atoms with van der Waals surface area (Å²) < 4.78 is 11.0. The first kappa shape index (κ1) is 14.9. The molecule has 0 saturated heterocycles. The summed E-state index contributed by atoms with van der Waals surface area (Å²) in [4.78, 5) is 1.32. The van der Waals surface area contributed by atoms with Gasteiger partial charge in [-0.15, -0.1) is 11.3 Å². The summed E-state index contributed by atoms with van der Waals surface area (Å²) in [7, 11) is 3.35. The third-order valence-corrected chi connectivity index (χ3v) is 4.22. The van der Waals surface area contributed by atoms with Gasteiger partial charge in [-0.05, 0) is 36.5 Å². The van der Waals surface area contributed by atoms with Crippen molar-refractivity contribution < 1.29 is 9.47 Å². The number of methoxy groups -OCH3 is 2. The fraction of sp³-hybridized carbons (Fsp3) is 0.375. The van der Waals surface area contributed by atoms with Gasteiger partial charge < -0.3 is 14.8 Å². The fourth-order valence-electron chi connectivity index (χ4n) is 2.43. The molecule has 0 spiro atoms. The third-order valence-electron chi connectivity index (χ3n) is 3.36. The van der Waals surface area contributed by atoms with Gasteiger partial charge in [-0.25, -0.2) is 0 Å². The molecule has 0 bridgehead atoms. The molecule has 0 saturated carbocycles. The van der Waals surface area contributed by atoms with E-state index in [-0.39, 0.29) is 6.04 Å². The highest BCUT2D eigenvalue weighted by Gasteiger charge is 2.21. The van der Waals surface area contributed by atoms with Crippen LogP contribution >= 0.6 is 11.3 Å². The molecule has 2 rings (SSSR count). The number of aryl methyl sites for hydroxylation is 1. The summed E-state index contributed by atoms with van der Waals surface area (Å²) in [5.74, 6) is 1.56. The van der Waals surface area contributed by atoms with Crippen LogP contribution < -0.4 is 14.8 Å². The molecule has 3 nitrogen and oxygen atoms in total. The Bertz CT molecular complexity index is 565. The van der Waals surface area contributed by atoms with Crippen molar-refractivity contribution >= 4 is 11.3 Å². The zero-order valence-electron chi connectivity index (χ0n) is 12.4. The predicted molar refractivity (Wildman–Crippen MR) is 84.1 cm³/mol. The van der Waals surface area contributed by atoms with E-state index >= 15 is 0 Å². The second kappa shape index (κ2) is 6.77. The maximum absolute atomic E-state index is 5.57. The van der Waals surface area contributed by atoms with Gasteiger partial charge in [0.05, 0.1) is 20.3 Å². The molecule has 20 heavy (non-hydrogen) atoms. The van der Waals surface area contributed by atoms with Gasteiger partial charge in [-0.2, -0.15) is 0 Å². The summed E-state index contributed by atoms with van der Waals surface area (Å²) in [5.41, 5.74) is 2.40. The monoisotopic (exact) mass is 291 g/mol. The van der Waals surface area contributed by atoms with Gasteiger partial charge in [0.15, 0.2) is 11.5 Å². The molecule has 1 aromatic heterocycles. The van der Waals surface area contributed by atoms with Gasteiger partial charge >= 0.3 is 0 Å². The average molecular weight is 291 g/mol. The lowest BCUT2D eigenvalue weighted by Crippen LogP contribution is -2.22. The van der Waals surface area contributed by atoms with Gasteiger partial charge in [0.25, 0.3) is 0 Å². The number of para-hydroxylation sites is 1. The summed E-state index contributed by atoms with van der Waals surface area (Å²) in [6.07, 6.45) is 0. The van der Waals surface area contributed by atoms with Crippen LogP contribution in [0, 0.1) is 6.92 Å². The van der Waals surface area contributed by atoms with Crippen LogP contribution in [-0.4, -0.2) is 20.8 Å². The van der Waals surface area contributed by atoms with E-state index in [1.807, 2.05) is 12.1 Å². The summed E-state index contributed by atoms with van der Waals surface area (Å²) in [6.45, 7) is 5.15. The minimum atomic E-state index is 0.122. The van der Waals surface area contributed by atoms with Gasteiger partial charge in [-0.3, -0.25) is 0 Å². The first-order chi connectivity index (χ1) is 9.72. The summed E-state index contributed by atoms with van der Waals surface area (Å²) >= 11 is 1.76. The first-order valence-corrected chi connectivity index (χ1v) is 7.59. The molecule has 0 radical (unpaired) electrons. The van der Waals surface area contributed by atoms with Gasteiger partial charge in [0, 0.05) is 10.4 Å². The molecule has 0 fully saturated rings. The lowest BCUT2D eigenvalue weighted by atomic mass is 9.98. The second-order valence-electron chi connectivity index (χ2n) is 4.51. The molecule has 1 N–H and O–H groups in total. The predicted octanol–water partition coefficient (Wildman–Crippen LogP) is 3.77. The number of hydrogen-bond acceptors (Lipinski definition) is 4. The Morgan fingerprint density at radius 2 is 1.95 bits per heavy atom. The molecule has 1 heterocycles. The van der Waals surface area contributed by atoms with Crippen molar-refractivity contribution in [3.63, 3.8) is 0 Å². The Hall–Kier alpha value is -1.52. The van der Waals surface area contributed by atoms with Crippen LogP contribution in [0.25, 0.3) is 0 Å². The largest absolute Gasteiger partial charge is 0.493 e. The van der Waals surface area contributed by atoms with Crippen LogP contribution in [0.4, 0.5) is 0 Å². The van der Waals surface area contributed by atoms with Gasteiger partial charge in [0.2, 0.25) is 0 Å². The van der Waals surface area contributed by atoms with E-state index in [1.165, 1.54) is 10.4 Å². The number of hydrogen-bond donors (Lipinski definition) is 1. The Labute approximate surface area is 124 Å². The average Bonchev–Trinajstić information content (AvgIpc) is 2.89. The Morgan fingerprint density at radius 1 is 1.15 bits per heavy atom. The van der Waals surface area contributed by atoms with E-state index in [1.54, 1.807) is 25.6 Å². The molecule has 1 aromatic carbocycles. The number of ether oxygens (including phenoxy) is 2. The topological polar surface area (TPSA) is 30.5 Å². The van der Waals surface area contributed by atoms with Crippen LogP contribution in [0.15, 0.2) is 29.6 Å². The van der Waals surface area contributed by atoms with Crippen molar-refractivity contribution in [2.75, 3.05) is 20.8 Å². The van der Waals surface area contributed by atoms with E-state index < -0.39 is 0 Å². The highest BCUT2D eigenvalue weighted by Crippen LogP contribution is 2.38. The van der Waals surface area contributed by atoms with Crippen LogP contribution in [-0.2, 0) is 0 Å². The maximum atomic E-state index is 5.57. The number of thiophene rings is 1. The number of benzene rings is 1. The number of rotatable bonds is 6. The van der Waals surface area contributed by atoms with Crippen LogP contribution in [0.5, 0.6) is 11.5 Å². The van der Waals surface area contributed by atoms with Crippen LogP contribution in [0.2, 0.25) is 0 Å². The quantitative estimate of drug-likeness (QED) is 0.878. The fourth-order valence-corrected chi connectivity index (χ4v) is 3.17. The molecule has 4 heteroatoms. The maximum Gasteiger partial charge on any atom is 0.165 e. The van der Waals surface area contributed by atoms with Crippen LogP contribution in [0.3, 0.4) is 0 Å². The zero-order chi connectivity index (χ0) is 14.5. The van der Waals surface area contributed by atoms with E-state index in [9.17, 15) is 0 Å². The Kier molecular flexibility index (Phi) is 5.04. The molecular formula is C16H21NO2S. The zero-order valence-corrected chi connectivity index (χ0v) is 13.2. The minimum Gasteiger partial charge on any atom is -0.493 e. The van der Waals surface area contributed by atoms with Crippen molar-refractivity contribution in [2.24, 2.45) is 0 Å². The lowest BCUT2D eigenvalue weighted by molar-refractivity contribution is 0.349.